The molecule has 0 saturated carbocycles. The van der Waals surface area contributed by atoms with E-state index in [0.29, 0.717) is 0 Å². The van der Waals surface area contributed by atoms with Crippen molar-refractivity contribution in [2.75, 3.05) is 0 Å². The molecule has 0 bridgehead atoms. The normalized spacial score (nSPS) is 11.6. The second kappa shape index (κ2) is 8.95. The van der Waals surface area contributed by atoms with Crippen LogP contribution in [0.2, 0.25) is 0 Å². The van der Waals surface area contributed by atoms with Crippen LogP contribution in [0.25, 0.3) is 23.3 Å². The van der Waals surface area contributed by atoms with E-state index in [-0.39, 0.29) is 21.8 Å². The van der Waals surface area contributed by atoms with Crippen molar-refractivity contribution in [1.82, 2.24) is 0 Å². The Morgan fingerprint density at radius 3 is 1.86 bits per heavy atom. The van der Waals surface area contributed by atoms with Crippen molar-refractivity contribution in [2.45, 2.75) is 0 Å². The van der Waals surface area contributed by atoms with Gasteiger partial charge in [-0.2, -0.15) is 0 Å². The van der Waals surface area contributed by atoms with Gasteiger partial charge in [0, 0.05) is 0 Å². The maximum atomic E-state index is 11.5. The number of benzene rings is 3. The molecule has 0 atom stereocenters. The average Bonchev–Trinajstić information content (AvgIpc) is 2.72. The first-order chi connectivity index (χ1) is 14.0. The molecule has 6 nitrogen and oxygen atoms in total. The fraction of sp³-hybridized carbons (Fsp3) is 0. The highest BCUT2D eigenvalue weighted by Gasteiger charge is 2.24. The summed E-state index contributed by atoms with van der Waals surface area (Å²) in [4.78, 5) is 21.7. The van der Waals surface area contributed by atoms with Crippen LogP contribution in [0.5, 0.6) is 0 Å². The average molecular weight is 407 g/mol. The van der Waals surface area contributed by atoms with E-state index in [1.54, 1.807) is 30.4 Å². The smallest absolute Gasteiger partial charge is 0.258 e. The third-order valence-corrected chi connectivity index (χ3v) is 4.46. The summed E-state index contributed by atoms with van der Waals surface area (Å²) in [7, 11) is 0. The van der Waals surface area contributed by atoms with E-state index in [2.05, 4.69) is 0 Å². The Kier molecular flexibility index (Phi) is 6.16. The van der Waals surface area contributed by atoms with Gasteiger partial charge in [-0.05, 0) is 29.3 Å². The molecule has 0 radical (unpaired) electrons. The number of nitro benzene ring substituents is 2. The Morgan fingerprint density at radius 2 is 1.31 bits per heavy atom. The highest BCUT2D eigenvalue weighted by Crippen LogP contribution is 2.36. The molecule has 29 heavy (non-hydrogen) atoms. The summed E-state index contributed by atoms with van der Waals surface area (Å²) in [5.41, 5.74) is 1.14. The highest BCUT2D eigenvalue weighted by atomic mass is 35.5. The molecule has 3 aromatic rings. The summed E-state index contributed by atoms with van der Waals surface area (Å²) in [6, 6.07) is 20.6. The van der Waals surface area contributed by atoms with Gasteiger partial charge in [0.1, 0.15) is 0 Å². The molecule has 0 aromatic heterocycles. The lowest BCUT2D eigenvalue weighted by atomic mass is 10.0. The van der Waals surface area contributed by atoms with Gasteiger partial charge >= 0.3 is 0 Å². The van der Waals surface area contributed by atoms with Crippen molar-refractivity contribution in [2.24, 2.45) is 0 Å². The first-order valence-corrected chi connectivity index (χ1v) is 8.96. The van der Waals surface area contributed by atoms with E-state index in [1.165, 1.54) is 6.07 Å². The second-order valence-corrected chi connectivity index (χ2v) is 6.50. The van der Waals surface area contributed by atoms with Gasteiger partial charge in [0.25, 0.3) is 11.4 Å². The van der Waals surface area contributed by atoms with Gasteiger partial charge in [-0.1, -0.05) is 78.3 Å². The number of hydrogen-bond acceptors (Lipinski definition) is 4. The zero-order chi connectivity index (χ0) is 20.8. The molecule has 3 rings (SSSR count). The van der Waals surface area contributed by atoms with Crippen LogP contribution >= 0.6 is 11.6 Å². The molecule has 0 aliphatic heterocycles. The summed E-state index contributed by atoms with van der Waals surface area (Å²) >= 11 is 6.37. The predicted molar refractivity (Wildman–Crippen MR) is 115 cm³/mol. The maximum absolute atomic E-state index is 11.5. The third kappa shape index (κ3) is 4.94. The molecule has 0 saturated heterocycles. The van der Waals surface area contributed by atoms with Crippen LogP contribution in [0.4, 0.5) is 11.4 Å². The zero-order valence-corrected chi connectivity index (χ0v) is 15.8. The van der Waals surface area contributed by atoms with Gasteiger partial charge in [0.15, 0.2) is 0 Å². The molecule has 0 spiro atoms. The minimum Gasteiger partial charge on any atom is -0.258 e. The molecule has 0 N–H and O–H groups in total. The van der Waals surface area contributed by atoms with E-state index in [0.717, 1.165) is 17.2 Å². The molecule has 7 heteroatoms. The monoisotopic (exact) mass is 406 g/mol. The lowest BCUT2D eigenvalue weighted by Crippen LogP contribution is -1.99. The van der Waals surface area contributed by atoms with E-state index in [9.17, 15) is 20.2 Å². The van der Waals surface area contributed by atoms with E-state index < -0.39 is 15.5 Å². The molecular formula is C22H15ClN2O4. The van der Waals surface area contributed by atoms with Crippen LogP contribution in [0.15, 0.2) is 72.8 Å². The zero-order valence-electron chi connectivity index (χ0n) is 15.1. The summed E-state index contributed by atoms with van der Waals surface area (Å²) in [6.07, 6.45) is 4.83. The van der Waals surface area contributed by atoms with Gasteiger partial charge in [-0.25, -0.2) is 0 Å². The Balaban J connectivity index is 2.14. The minimum absolute atomic E-state index is 0.110. The van der Waals surface area contributed by atoms with Crippen LogP contribution < -0.4 is 0 Å². The Bertz CT molecular complexity index is 1110. The van der Waals surface area contributed by atoms with Gasteiger partial charge in [-0.15, -0.1) is 0 Å². The van der Waals surface area contributed by atoms with Gasteiger partial charge in [0.2, 0.25) is 0 Å². The first-order valence-electron chi connectivity index (χ1n) is 8.58. The molecule has 0 amide bonds. The van der Waals surface area contributed by atoms with Crippen molar-refractivity contribution in [3.63, 3.8) is 0 Å². The van der Waals surface area contributed by atoms with E-state index in [4.69, 9.17) is 11.6 Å². The number of nitro groups is 2. The van der Waals surface area contributed by atoms with Crippen LogP contribution in [0.3, 0.4) is 0 Å². The SMILES string of the molecule is O=[N+]([O-])c1cc([N+](=O)[O-])c(/C(Cl)=C/c2ccccc2)cc1/C=C\c1ccccc1. The van der Waals surface area contributed by atoms with E-state index >= 15 is 0 Å². The highest BCUT2D eigenvalue weighted by molar-refractivity contribution is 6.51. The summed E-state index contributed by atoms with van der Waals surface area (Å²) in [5, 5.41) is 23.1. The molecule has 3 aromatic carbocycles. The topological polar surface area (TPSA) is 86.3 Å². The molecule has 0 heterocycles. The lowest BCUT2D eigenvalue weighted by molar-refractivity contribution is -0.394. The molecule has 144 valence electrons. The minimum atomic E-state index is -0.672. The van der Waals surface area contributed by atoms with Crippen molar-refractivity contribution >= 4 is 46.2 Å². The summed E-state index contributed by atoms with van der Waals surface area (Å²) in [6.45, 7) is 0. The van der Waals surface area contributed by atoms with Crippen LogP contribution in [0.1, 0.15) is 22.3 Å². The Morgan fingerprint density at radius 1 is 0.759 bits per heavy atom. The van der Waals surface area contributed by atoms with Crippen molar-refractivity contribution < 1.29 is 9.85 Å². The lowest BCUT2D eigenvalue weighted by Gasteiger charge is -2.06. The number of hydrogen-bond donors (Lipinski definition) is 0. The Hall–Kier alpha value is -3.77. The van der Waals surface area contributed by atoms with Gasteiger partial charge in [0.05, 0.1) is 32.1 Å². The number of rotatable bonds is 6. The van der Waals surface area contributed by atoms with Crippen molar-refractivity contribution in [3.8, 4) is 0 Å². The van der Waals surface area contributed by atoms with Crippen molar-refractivity contribution in [1.29, 1.82) is 0 Å². The summed E-state index contributed by atoms with van der Waals surface area (Å²) in [5.74, 6) is 0. The molecular weight excluding hydrogens is 392 g/mol. The van der Waals surface area contributed by atoms with Crippen molar-refractivity contribution in [3.05, 3.63) is 115 Å². The Labute approximate surface area is 171 Å². The standard InChI is InChI=1S/C22H15ClN2O4/c23-20(13-17-9-5-2-6-10-17)19-14-18(12-11-16-7-3-1-4-8-16)21(24(26)27)15-22(19)25(28)29/h1-15H/b12-11-,20-13-. The quantitative estimate of drug-likeness (QED) is 0.269. The largest absolute Gasteiger partial charge is 0.285 e. The number of nitrogens with zero attached hydrogens (tertiary/aromatic N) is 2. The first kappa shape index (κ1) is 20.0. The fourth-order valence-corrected chi connectivity index (χ4v) is 3.03. The molecule has 0 aliphatic carbocycles. The number of halogens is 1. The fourth-order valence-electron chi connectivity index (χ4n) is 2.75. The van der Waals surface area contributed by atoms with E-state index in [1.807, 2.05) is 48.5 Å². The maximum Gasteiger partial charge on any atom is 0.285 e. The summed E-state index contributed by atoms with van der Waals surface area (Å²) < 4.78 is 0. The molecule has 0 aliphatic rings. The van der Waals surface area contributed by atoms with Crippen LogP contribution in [0, 0.1) is 20.2 Å². The van der Waals surface area contributed by atoms with Crippen LogP contribution in [-0.2, 0) is 0 Å². The van der Waals surface area contributed by atoms with Crippen LogP contribution in [-0.4, -0.2) is 9.85 Å². The van der Waals surface area contributed by atoms with Gasteiger partial charge in [-0.3, -0.25) is 20.2 Å². The molecule has 0 unspecified atom stereocenters. The second-order valence-electron chi connectivity index (χ2n) is 6.09. The van der Waals surface area contributed by atoms with Gasteiger partial charge < -0.3 is 0 Å². The third-order valence-electron chi connectivity index (χ3n) is 4.14. The molecule has 0 fully saturated rings. The predicted octanol–water partition coefficient (Wildman–Crippen LogP) is 6.41.